The number of carbonyl (C=O) groups is 1. The molecule has 1 aliphatic heterocycles. The fourth-order valence-corrected chi connectivity index (χ4v) is 4.08. The molecule has 10 nitrogen and oxygen atoms in total. The minimum absolute atomic E-state index is 0.110. The van der Waals surface area contributed by atoms with Crippen LogP contribution in [0.25, 0.3) is 11.2 Å². The molecule has 1 saturated heterocycles. The molecule has 1 amide bonds. The number of amides is 1. The van der Waals surface area contributed by atoms with Crippen LogP contribution in [0.5, 0.6) is 0 Å². The molecule has 3 heterocycles. The maximum absolute atomic E-state index is 13.2. The average molecular weight is 461 g/mol. The smallest absolute Gasteiger partial charge is 0.407 e. The van der Waals surface area contributed by atoms with Gasteiger partial charge in [0, 0.05) is 39.3 Å². The van der Waals surface area contributed by atoms with E-state index in [9.17, 15) is 14.4 Å². The zero-order chi connectivity index (χ0) is 24.5. The molecule has 0 unspecified atom stereocenters. The number of aromatic nitrogens is 4. The van der Waals surface area contributed by atoms with E-state index >= 15 is 0 Å². The van der Waals surface area contributed by atoms with E-state index in [0.717, 1.165) is 25.0 Å². The van der Waals surface area contributed by atoms with Crippen LogP contribution in [0, 0.1) is 0 Å². The third-order valence-electron chi connectivity index (χ3n) is 5.64. The van der Waals surface area contributed by atoms with Crippen LogP contribution in [0.4, 0.5) is 10.7 Å². The van der Waals surface area contributed by atoms with Crippen LogP contribution < -0.4 is 21.5 Å². The number of carbonyl (C=O) groups excluding carboxylic acids is 1. The van der Waals surface area contributed by atoms with Gasteiger partial charge in [-0.3, -0.25) is 13.9 Å². The Hall–Kier alpha value is -3.04. The Labute approximate surface area is 193 Å². The van der Waals surface area contributed by atoms with Crippen molar-refractivity contribution in [3.8, 4) is 0 Å². The Morgan fingerprint density at radius 3 is 2.55 bits per heavy atom. The molecule has 2 aromatic heterocycles. The Morgan fingerprint density at radius 1 is 1.24 bits per heavy atom. The molecule has 0 saturated carbocycles. The van der Waals surface area contributed by atoms with Crippen LogP contribution in [0.15, 0.2) is 21.2 Å². The SMILES string of the molecule is CCn1c(=O)c2c(nc(N3CCC[C@@H](NC(=O)OC(C)(C)C)C3)n2CC=C(C)C)n(C)c1=O. The van der Waals surface area contributed by atoms with Gasteiger partial charge in [-0.25, -0.2) is 9.59 Å². The lowest BCUT2D eigenvalue weighted by Crippen LogP contribution is -2.49. The molecule has 1 N–H and O–H groups in total. The molecule has 1 fully saturated rings. The van der Waals surface area contributed by atoms with Crippen LogP contribution in [0.3, 0.4) is 0 Å². The van der Waals surface area contributed by atoms with Gasteiger partial charge in [-0.1, -0.05) is 11.6 Å². The van der Waals surface area contributed by atoms with Crippen LogP contribution in [-0.4, -0.2) is 49.5 Å². The number of nitrogens with one attached hydrogen (secondary N) is 1. The molecule has 2 aromatic rings. The first-order valence-electron chi connectivity index (χ1n) is 11.5. The molecule has 0 bridgehead atoms. The minimum atomic E-state index is -0.569. The Morgan fingerprint density at radius 2 is 1.94 bits per heavy atom. The first-order chi connectivity index (χ1) is 15.4. The highest BCUT2D eigenvalue weighted by Crippen LogP contribution is 2.24. The summed E-state index contributed by atoms with van der Waals surface area (Å²) < 4.78 is 9.96. The third kappa shape index (κ3) is 5.31. The van der Waals surface area contributed by atoms with Crippen molar-refractivity contribution in [2.45, 2.75) is 79.1 Å². The summed E-state index contributed by atoms with van der Waals surface area (Å²) in [5, 5.41) is 2.96. The summed E-state index contributed by atoms with van der Waals surface area (Å²) >= 11 is 0. The highest BCUT2D eigenvalue weighted by atomic mass is 16.6. The van der Waals surface area contributed by atoms with E-state index in [0.29, 0.717) is 30.2 Å². The molecule has 1 aliphatic rings. The monoisotopic (exact) mass is 460 g/mol. The molecular weight excluding hydrogens is 424 g/mol. The van der Waals surface area contributed by atoms with Crippen molar-refractivity contribution >= 4 is 23.2 Å². The summed E-state index contributed by atoms with van der Waals surface area (Å²) in [6.07, 6.45) is 3.27. The van der Waals surface area contributed by atoms with Crippen LogP contribution >= 0.6 is 0 Å². The molecule has 0 spiro atoms. The topological polar surface area (TPSA) is 103 Å². The largest absolute Gasteiger partial charge is 0.444 e. The van der Waals surface area contributed by atoms with Gasteiger partial charge in [0.25, 0.3) is 5.56 Å². The standard InChI is InChI=1S/C23H36N6O4/c1-8-28-19(30)17-18(26(7)22(28)32)25-20(29(17)13-11-15(2)3)27-12-9-10-16(14-27)24-21(31)33-23(4,5)6/h11,16H,8-10,12-14H2,1-7H3,(H,24,31)/t16-/m1/s1. The van der Waals surface area contributed by atoms with Gasteiger partial charge in [-0.2, -0.15) is 4.98 Å². The van der Waals surface area contributed by atoms with E-state index in [1.165, 1.54) is 9.13 Å². The number of aryl methyl sites for hydroxylation is 1. The minimum Gasteiger partial charge on any atom is -0.444 e. The Balaban J connectivity index is 2.03. The zero-order valence-electron chi connectivity index (χ0n) is 20.8. The van der Waals surface area contributed by atoms with E-state index in [1.54, 1.807) is 14.0 Å². The van der Waals surface area contributed by atoms with Gasteiger partial charge in [-0.15, -0.1) is 0 Å². The van der Waals surface area contributed by atoms with Gasteiger partial charge in [-0.05, 0) is 54.4 Å². The lowest BCUT2D eigenvalue weighted by molar-refractivity contribution is 0.0500. The summed E-state index contributed by atoms with van der Waals surface area (Å²) in [5.74, 6) is 0.624. The summed E-state index contributed by atoms with van der Waals surface area (Å²) in [6.45, 7) is 13.3. The van der Waals surface area contributed by atoms with Gasteiger partial charge in [0.2, 0.25) is 5.95 Å². The van der Waals surface area contributed by atoms with E-state index < -0.39 is 11.7 Å². The summed E-state index contributed by atoms with van der Waals surface area (Å²) in [5.41, 5.74) is 0.614. The molecule has 1 atom stereocenters. The molecule has 0 aliphatic carbocycles. The third-order valence-corrected chi connectivity index (χ3v) is 5.64. The first kappa shape index (κ1) is 24.6. The van der Waals surface area contributed by atoms with E-state index in [4.69, 9.17) is 9.72 Å². The van der Waals surface area contributed by atoms with E-state index in [-0.39, 0.29) is 23.8 Å². The molecule has 0 aromatic carbocycles. The lowest BCUT2D eigenvalue weighted by Gasteiger charge is -2.34. The van der Waals surface area contributed by atoms with Crippen molar-refractivity contribution < 1.29 is 9.53 Å². The van der Waals surface area contributed by atoms with Gasteiger partial charge in [0.05, 0.1) is 0 Å². The molecule has 0 radical (unpaired) electrons. The van der Waals surface area contributed by atoms with Gasteiger partial charge in [0.1, 0.15) is 5.60 Å². The number of imidazole rings is 1. The maximum Gasteiger partial charge on any atom is 0.407 e. The number of anilines is 1. The summed E-state index contributed by atoms with van der Waals surface area (Å²) in [7, 11) is 1.64. The molecule has 10 heteroatoms. The second-order valence-electron chi connectivity index (χ2n) is 9.80. The maximum atomic E-state index is 13.2. The normalized spacial score (nSPS) is 16.7. The second-order valence-corrected chi connectivity index (χ2v) is 9.80. The van der Waals surface area contributed by atoms with Crippen LogP contribution in [0.1, 0.15) is 54.4 Å². The van der Waals surface area contributed by atoms with E-state index in [1.807, 2.05) is 45.3 Å². The van der Waals surface area contributed by atoms with Crippen molar-refractivity contribution in [3.05, 3.63) is 32.5 Å². The second kappa shape index (κ2) is 9.44. The quantitative estimate of drug-likeness (QED) is 0.687. The number of hydrogen-bond acceptors (Lipinski definition) is 6. The van der Waals surface area contributed by atoms with Crippen LogP contribution in [0.2, 0.25) is 0 Å². The number of rotatable bonds is 5. The van der Waals surface area contributed by atoms with Crippen LogP contribution in [-0.2, 0) is 24.9 Å². The number of piperidine rings is 1. The number of allylic oxidation sites excluding steroid dienone is 2. The van der Waals surface area contributed by atoms with E-state index in [2.05, 4.69) is 10.2 Å². The molecule has 33 heavy (non-hydrogen) atoms. The summed E-state index contributed by atoms with van der Waals surface area (Å²) in [4.78, 5) is 45.0. The fourth-order valence-electron chi connectivity index (χ4n) is 4.08. The average Bonchev–Trinajstić information content (AvgIpc) is 3.09. The Bertz CT molecular complexity index is 1180. The number of alkyl carbamates (subject to hydrolysis) is 1. The number of fused-ring (bicyclic) bond motifs is 1. The summed E-state index contributed by atoms with van der Waals surface area (Å²) in [6, 6.07) is -0.110. The van der Waals surface area contributed by atoms with Crippen molar-refractivity contribution in [2.75, 3.05) is 18.0 Å². The Kier molecular flexibility index (Phi) is 7.04. The predicted octanol–water partition coefficient (Wildman–Crippen LogP) is 2.38. The highest BCUT2D eigenvalue weighted by Gasteiger charge is 2.28. The van der Waals surface area contributed by atoms with Crippen molar-refractivity contribution in [2.24, 2.45) is 7.05 Å². The predicted molar refractivity (Wildman–Crippen MR) is 129 cm³/mol. The fraction of sp³-hybridized carbons (Fsp3) is 0.652. The van der Waals surface area contributed by atoms with Gasteiger partial charge in [0.15, 0.2) is 11.2 Å². The molecule has 182 valence electrons. The number of nitrogens with zero attached hydrogens (tertiary/aromatic N) is 5. The van der Waals surface area contributed by atoms with Gasteiger partial charge >= 0.3 is 11.8 Å². The van der Waals surface area contributed by atoms with Crippen molar-refractivity contribution in [1.29, 1.82) is 0 Å². The number of ether oxygens (including phenoxy) is 1. The highest BCUT2D eigenvalue weighted by molar-refractivity contribution is 5.75. The lowest BCUT2D eigenvalue weighted by atomic mass is 10.1. The van der Waals surface area contributed by atoms with Crippen molar-refractivity contribution in [3.63, 3.8) is 0 Å². The molecule has 3 rings (SSSR count). The zero-order valence-corrected chi connectivity index (χ0v) is 20.8. The van der Waals surface area contributed by atoms with Crippen molar-refractivity contribution in [1.82, 2.24) is 24.0 Å². The van der Waals surface area contributed by atoms with Gasteiger partial charge < -0.3 is 19.5 Å². The first-order valence-corrected chi connectivity index (χ1v) is 11.5. The number of hydrogen-bond donors (Lipinski definition) is 1. The molecular formula is C23H36N6O4.